The summed E-state index contributed by atoms with van der Waals surface area (Å²) in [6, 6.07) is 7.31. The van der Waals surface area contributed by atoms with Crippen LogP contribution >= 0.6 is 0 Å². The van der Waals surface area contributed by atoms with E-state index < -0.39 is 11.5 Å². The first kappa shape index (κ1) is 17.2. The molecular formula is C19H22N2O4. The molecule has 0 aliphatic heterocycles. The molecule has 1 amide bonds. The summed E-state index contributed by atoms with van der Waals surface area (Å²) in [5, 5.41) is 13.0. The van der Waals surface area contributed by atoms with Crippen LogP contribution in [0.25, 0.3) is 10.9 Å². The van der Waals surface area contributed by atoms with Crippen molar-refractivity contribution in [1.82, 2.24) is 10.3 Å². The molecule has 1 saturated carbocycles. The van der Waals surface area contributed by atoms with Gasteiger partial charge in [0.05, 0.1) is 35.8 Å². The zero-order chi connectivity index (χ0) is 18.0. The summed E-state index contributed by atoms with van der Waals surface area (Å²) in [5.41, 5.74) is 1.20. The van der Waals surface area contributed by atoms with Crippen LogP contribution in [0, 0.1) is 6.92 Å². The maximum Gasteiger partial charge on any atom is 0.305 e. The number of carboxylic acid groups (broad SMARTS) is 1. The van der Waals surface area contributed by atoms with E-state index in [-0.39, 0.29) is 12.3 Å². The number of hydrogen-bond acceptors (Lipinski definition) is 4. The van der Waals surface area contributed by atoms with Gasteiger partial charge in [-0.25, -0.2) is 0 Å². The Morgan fingerprint density at radius 2 is 2.00 bits per heavy atom. The van der Waals surface area contributed by atoms with Crippen molar-refractivity contribution >= 4 is 22.8 Å². The molecule has 3 rings (SSSR count). The van der Waals surface area contributed by atoms with Crippen LogP contribution in [-0.4, -0.2) is 34.6 Å². The summed E-state index contributed by atoms with van der Waals surface area (Å²) in [6.07, 6.45) is 3.21. The molecule has 6 nitrogen and oxygen atoms in total. The van der Waals surface area contributed by atoms with Gasteiger partial charge in [-0.15, -0.1) is 0 Å². The zero-order valence-electron chi connectivity index (χ0n) is 14.5. The lowest BCUT2D eigenvalue weighted by atomic mass is 9.92. The van der Waals surface area contributed by atoms with E-state index in [2.05, 4.69) is 10.3 Å². The summed E-state index contributed by atoms with van der Waals surface area (Å²) in [5.74, 6) is -0.434. The summed E-state index contributed by atoms with van der Waals surface area (Å²) in [4.78, 5) is 28.5. The standard InChI is InChI=1S/C19H22N2O4/c1-12-15(9-13-5-6-14(25-2)10-16(13)20-12)18(24)21-19(11-17(22)23)7-3-4-8-19/h5-6,9-10H,3-4,7-8,11H2,1-2H3,(H,21,24)(H,22,23). The number of carbonyl (C=O) groups excluding carboxylic acids is 1. The van der Waals surface area contributed by atoms with Crippen LogP contribution in [0.15, 0.2) is 24.3 Å². The summed E-state index contributed by atoms with van der Waals surface area (Å²) in [6.45, 7) is 1.78. The molecule has 2 aromatic rings. The number of benzene rings is 1. The second-order valence-electron chi connectivity index (χ2n) is 6.69. The number of carboxylic acids is 1. The second-order valence-corrected chi connectivity index (χ2v) is 6.69. The Hall–Kier alpha value is -2.63. The number of aliphatic carboxylic acids is 1. The van der Waals surface area contributed by atoms with Gasteiger partial charge >= 0.3 is 5.97 Å². The van der Waals surface area contributed by atoms with Gasteiger partial charge in [-0.2, -0.15) is 0 Å². The highest BCUT2D eigenvalue weighted by molar-refractivity contribution is 5.99. The first-order chi connectivity index (χ1) is 11.9. The van der Waals surface area contributed by atoms with Gasteiger partial charge in [0.15, 0.2) is 0 Å². The highest BCUT2D eigenvalue weighted by Gasteiger charge is 2.37. The lowest BCUT2D eigenvalue weighted by molar-refractivity contribution is -0.138. The van der Waals surface area contributed by atoms with Crippen LogP contribution in [0.5, 0.6) is 5.75 Å². The smallest absolute Gasteiger partial charge is 0.305 e. The molecule has 1 fully saturated rings. The number of pyridine rings is 1. The fourth-order valence-corrected chi connectivity index (χ4v) is 3.60. The monoisotopic (exact) mass is 342 g/mol. The van der Waals surface area contributed by atoms with Crippen molar-refractivity contribution in [2.45, 2.75) is 44.6 Å². The maximum absolute atomic E-state index is 12.8. The minimum atomic E-state index is -0.886. The van der Waals surface area contributed by atoms with Crippen molar-refractivity contribution in [3.05, 3.63) is 35.5 Å². The summed E-state index contributed by atoms with van der Waals surface area (Å²) >= 11 is 0. The SMILES string of the molecule is COc1ccc2cc(C(=O)NC3(CC(=O)O)CCCC3)c(C)nc2c1. The number of ether oxygens (including phenoxy) is 1. The molecule has 25 heavy (non-hydrogen) atoms. The second kappa shape index (κ2) is 6.70. The summed E-state index contributed by atoms with van der Waals surface area (Å²) in [7, 11) is 1.60. The van der Waals surface area contributed by atoms with Gasteiger partial charge in [0.1, 0.15) is 5.75 Å². The van der Waals surface area contributed by atoms with Gasteiger partial charge < -0.3 is 15.2 Å². The molecule has 1 heterocycles. The van der Waals surface area contributed by atoms with E-state index in [0.29, 0.717) is 29.8 Å². The van der Waals surface area contributed by atoms with Crippen LogP contribution in [-0.2, 0) is 4.79 Å². The minimum absolute atomic E-state index is 0.0456. The molecule has 1 aliphatic carbocycles. The third-order valence-electron chi connectivity index (χ3n) is 4.89. The number of carbonyl (C=O) groups is 2. The largest absolute Gasteiger partial charge is 0.497 e. The Labute approximate surface area is 146 Å². The van der Waals surface area contributed by atoms with E-state index in [1.165, 1.54) is 0 Å². The highest BCUT2D eigenvalue weighted by Crippen LogP contribution is 2.33. The predicted octanol–water partition coefficient (Wildman–Crippen LogP) is 3.07. The topological polar surface area (TPSA) is 88.5 Å². The van der Waals surface area contributed by atoms with Crippen molar-refractivity contribution in [3.8, 4) is 5.75 Å². The van der Waals surface area contributed by atoms with E-state index in [0.717, 1.165) is 23.7 Å². The first-order valence-electron chi connectivity index (χ1n) is 8.42. The molecule has 1 aromatic carbocycles. The zero-order valence-corrected chi connectivity index (χ0v) is 14.5. The van der Waals surface area contributed by atoms with E-state index in [4.69, 9.17) is 4.74 Å². The number of aryl methyl sites for hydroxylation is 1. The average molecular weight is 342 g/mol. The van der Waals surface area contributed by atoms with Crippen LogP contribution in [0.4, 0.5) is 0 Å². The van der Waals surface area contributed by atoms with Gasteiger partial charge in [-0.05, 0) is 38.0 Å². The van der Waals surface area contributed by atoms with Gasteiger partial charge in [0, 0.05) is 11.5 Å². The van der Waals surface area contributed by atoms with Crippen molar-refractivity contribution in [1.29, 1.82) is 0 Å². The molecule has 2 N–H and O–H groups in total. The molecular weight excluding hydrogens is 320 g/mol. The van der Waals surface area contributed by atoms with Gasteiger partial charge in [-0.1, -0.05) is 12.8 Å². The molecule has 1 aliphatic rings. The number of amides is 1. The molecule has 132 valence electrons. The third kappa shape index (κ3) is 3.57. The van der Waals surface area contributed by atoms with Gasteiger partial charge in [0.2, 0.25) is 0 Å². The number of fused-ring (bicyclic) bond motifs is 1. The summed E-state index contributed by atoms with van der Waals surface area (Å²) < 4.78 is 5.20. The van der Waals surface area contributed by atoms with Crippen molar-refractivity contribution in [2.75, 3.05) is 7.11 Å². The molecule has 0 unspecified atom stereocenters. The normalized spacial score (nSPS) is 15.9. The third-order valence-corrected chi connectivity index (χ3v) is 4.89. The molecule has 1 aromatic heterocycles. The van der Waals surface area contributed by atoms with Gasteiger partial charge in [-0.3, -0.25) is 14.6 Å². The van der Waals surface area contributed by atoms with Crippen LogP contribution in [0.2, 0.25) is 0 Å². The Morgan fingerprint density at radius 1 is 1.28 bits per heavy atom. The number of methoxy groups -OCH3 is 1. The van der Waals surface area contributed by atoms with Crippen molar-refractivity contribution < 1.29 is 19.4 Å². The van der Waals surface area contributed by atoms with E-state index in [1.54, 1.807) is 20.1 Å². The van der Waals surface area contributed by atoms with Crippen LogP contribution in [0.1, 0.15) is 48.2 Å². The molecule has 0 radical (unpaired) electrons. The molecule has 0 saturated heterocycles. The number of aromatic nitrogens is 1. The van der Waals surface area contributed by atoms with E-state index in [1.807, 2.05) is 18.2 Å². The van der Waals surface area contributed by atoms with Gasteiger partial charge in [0.25, 0.3) is 5.91 Å². The highest BCUT2D eigenvalue weighted by atomic mass is 16.5. The van der Waals surface area contributed by atoms with Crippen molar-refractivity contribution in [3.63, 3.8) is 0 Å². The fourth-order valence-electron chi connectivity index (χ4n) is 3.60. The Kier molecular flexibility index (Phi) is 4.61. The molecule has 6 heteroatoms. The maximum atomic E-state index is 12.8. The lowest BCUT2D eigenvalue weighted by Crippen LogP contribution is -2.48. The quantitative estimate of drug-likeness (QED) is 0.872. The number of nitrogens with one attached hydrogen (secondary N) is 1. The minimum Gasteiger partial charge on any atom is -0.497 e. The van der Waals surface area contributed by atoms with Crippen molar-refractivity contribution in [2.24, 2.45) is 0 Å². The fraction of sp³-hybridized carbons (Fsp3) is 0.421. The molecule has 0 bridgehead atoms. The number of nitrogens with zero attached hydrogens (tertiary/aromatic N) is 1. The molecule has 0 spiro atoms. The number of hydrogen-bond donors (Lipinski definition) is 2. The Morgan fingerprint density at radius 3 is 2.64 bits per heavy atom. The van der Waals surface area contributed by atoms with Crippen LogP contribution < -0.4 is 10.1 Å². The first-order valence-corrected chi connectivity index (χ1v) is 8.42. The predicted molar refractivity (Wildman–Crippen MR) is 94.0 cm³/mol. The van der Waals surface area contributed by atoms with E-state index in [9.17, 15) is 14.7 Å². The number of rotatable bonds is 5. The van der Waals surface area contributed by atoms with Crippen LogP contribution in [0.3, 0.4) is 0 Å². The molecule has 0 atom stereocenters. The van der Waals surface area contributed by atoms with E-state index >= 15 is 0 Å². The Balaban J connectivity index is 1.91. The Bertz CT molecular complexity index is 826. The lowest BCUT2D eigenvalue weighted by Gasteiger charge is -2.29. The average Bonchev–Trinajstić information content (AvgIpc) is 3.00.